The number of benzene rings is 1. The van der Waals surface area contributed by atoms with Crippen LogP contribution < -0.4 is 0 Å². The third kappa shape index (κ3) is 2.68. The highest BCUT2D eigenvalue weighted by atomic mass is 19.1. The summed E-state index contributed by atoms with van der Waals surface area (Å²) in [6.45, 7) is 0. The lowest BCUT2D eigenvalue weighted by molar-refractivity contribution is 0.0697. The minimum atomic E-state index is -1.14. The maximum absolute atomic E-state index is 14.2. The van der Waals surface area contributed by atoms with E-state index in [4.69, 9.17) is 5.11 Å². The number of carboxylic acid groups (broad SMARTS) is 1. The lowest BCUT2D eigenvalue weighted by atomic mass is 9.98. The van der Waals surface area contributed by atoms with Gasteiger partial charge in [-0.05, 0) is 29.8 Å². The van der Waals surface area contributed by atoms with Crippen molar-refractivity contribution in [2.75, 3.05) is 0 Å². The number of nitriles is 1. The average Bonchev–Trinajstić information content (AvgIpc) is 3.19. The molecular weight excluding hydrogens is 368 g/mol. The number of rotatable bonds is 3. The van der Waals surface area contributed by atoms with Crippen molar-refractivity contribution in [3.63, 3.8) is 0 Å². The number of hydrogen-bond donors (Lipinski definition) is 1. The first kappa shape index (κ1) is 17.4. The van der Waals surface area contributed by atoms with E-state index in [1.807, 2.05) is 6.07 Å². The van der Waals surface area contributed by atoms with Crippen molar-refractivity contribution in [1.82, 2.24) is 19.2 Å². The molecule has 4 rings (SSSR count). The van der Waals surface area contributed by atoms with E-state index in [-0.39, 0.29) is 33.7 Å². The monoisotopic (exact) mass is 379 g/mol. The Morgan fingerprint density at radius 2 is 1.96 bits per heavy atom. The zero-order valence-electron chi connectivity index (χ0n) is 14.4. The number of pyridine rings is 1. The molecule has 0 amide bonds. The van der Waals surface area contributed by atoms with Gasteiger partial charge < -0.3 is 5.11 Å². The third-order valence-corrected chi connectivity index (χ3v) is 4.29. The van der Waals surface area contributed by atoms with Gasteiger partial charge in [-0.25, -0.2) is 14.2 Å². The fourth-order valence-corrected chi connectivity index (χ4v) is 3.06. The second-order valence-corrected chi connectivity index (χ2v) is 6.07. The standard InChI is InChI=1S/C19H11F2N5O2/c1-25-9-14(18(21)24-25)12-3-2-11(20)7-13(12)17-15(8-22)26-5-4-10(19(27)28)6-16(26)23-17/h2-7,9H,1H3,(H,27,28). The SMILES string of the molecule is Cn1cc(-c2ccc(F)cc2-c2nc3cc(C(=O)O)ccn3c2C#N)c(F)n1. The quantitative estimate of drug-likeness (QED) is 0.589. The number of aromatic nitrogens is 4. The van der Waals surface area contributed by atoms with Gasteiger partial charge in [0.1, 0.15) is 23.2 Å². The highest BCUT2D eigenvalue weighted by Crippen LogP contribution is 2.35. The van der Waals surface area contributed by atoms with Gasteiger partial charge >= 0.3 is 5.97 Å². The second kappa shape index (κ2) is 6.28. The third-order valence-electron chi connectivity index (χ3n) is 4.29. The van der Waals surface area contributed by atoms with Gasteiger partial charge in [-0.3, -0.25) is 9.08 Å². The maximum Gasteiger partial charge on any atom is 0.335 e. The first-order valence-electron chi connectivity index (χ1n) is 8.04. The summed E-state index contributed by atoms with van der Waals surface area (Å²) in [5.74, 6) is -2.48. The molecule has 1 aromatic carbocycles. The summed E-state index contributed by atoms with van der Waals surface area (Å²) >= 11 is 0. The van der Waals surface area contributed by atoms with E-state index in [1.54, 1.807) is 7.05 Å². The molecule has 0 saturated heterocycles. The van der Waals surface area contributed by atoms with Crippen LogP contribution in [0.5, 0.6) is 0 Å². The summed E-state index contributed by atoms with van der Waals surface area (Å²) < 4.78 is 30.9. The van der Waals surface area contributed by atoms with Gasteiger partial charge in [0, 0.05) is 25.0 Å². The molecule has 3 aromatic heterocycles. The highest BCUT2D eigenvalue weighted by molar-refractivity contribution is 5.89. The Hall–Kier alpha value is -4.06. The summed E-state index contributed by atoms with van der Waals surface area (Å²) in [6.07, 6.45) is 2.84. The predicted octanol–water partition coefficient (Wildman–Crippen LogP) is 3.25. The van der Waals surface area contributed by atoms with Crippen LogP contribution in [0.3, 0.4) is 0 Å². The molecule has 7 nitrogen and oxygen atoms in total. The van der Waals surface area contributed by atoms with Gasteiger partial charge in [0.2, 0.25) is 5.95 Å². The molecule has 9 heteroatoms. The number of aromatic carboxylic acids is 1. The Balaban J connectivity index is 2.03. The van der Waals surface area contributed by atoms with E-state index < -0.39 is 17.7 Å². The topological polar surface area (TPSA) is 96.2 Å². The zero-order chi connectivity index (χ0) is 20.0. The Kier molecular flexibility index (Phi) is 3.89. The largest absolute Gasteiger partial charge is 0.478 e. The van der Waals surface area contributed by atoms with Crippen molar-refractivity contribution < 1.29 is 18.7 Å². The first-order valence-corrected chi connectivity index (χ1v) is 8.04. The van der Waals surface area contributed by atoms with Crippen LogP contribution in [0.15, 0.2) is 42.7 Å². The molecule has 0 atom stereocenters. The van der Waals surface area contributed by atoms with Crippen LogP contribution in [0.2, 0.25) is 0 Å². The van der Waals surface area contributed by atoms with Crippen LogP contribution in [0.4, 0.5) is 8.78 Å². The van der Waals surface area contributed by atoms with Gasteiger partial charge in [0.15, 0.2) is 5.69 Å². The average molecular weight is 379 g/mol. The Morgan fingerprint density at radius 3 is 2.61 bits per heavy atom. The number of carbonyl (C=O) groups is 1. The van der Waals surface area contributed by atoms with Gasteiger partial charge in [0.05, 0.1) is 11.1 Å². The van der Waals surface area contributed by atoms with Crippen LogP contribution in [0, 0.1) is 23.1 Å². The molecular formula is C19H11F2N5O2. The lowest BCUT2D eigenvalue weighted by Gasteiger charge is -2.07. The highest BCUT2D eigenvalue weighted by Gasteiger charge is 2.21. The van der Waals surface area contributed by atoms with Crippen molar-refractivity contribution >= 4 is 11.6 Å². The minimum absolute atomic E-state index is 0.00805. The van der Waals surface area contributed by atoms with Crippen LogP contribution in [-0.2, 0) is 7.05 Å². The Labute approximate surface area is 156 Å². The molecule has 0 aliphatic heterocycles. The molecule has 1 N–H and O–H groups in total. The van der Waals surface area contributed by atoms with E-state index in [9.17, 15) is 18.8 Å². The first-order chi connectivity index (χ1) is 13.4. The number of carboxylic acids is 1. The van der Waals surface area contributed by atoms with Gasteiger partial charge in [-0.2, -0.15) is 9.65 Å². The molecule has 0 saturated carbocycles. The number of aryl methyl sites for hydroxylation is 1. The summed E-state index contributed by atoms with van der Waals surface area (Å²) in [5, 5.41) is 22.4. The van der Waals surface area contributed by atoms with Crippen molar-refractivity contribution in [1.29, 1.82) is 5.26 Å². The number of halogens is 2. The van der Waals surface area contributed by atoms with Gasteiger partial charge in [-0.15, -0.1) is 5.10 Å². The van der Waals surface area contributed by atoms with E-state index in [1.165, 1.54) is 45.7 Å². The summed E-state index contributed by atoms with van der Waals surface area (Å²) in [7, 11) is 1.55. The summed E-state index contributed by atoms with van der Waals surface area (Å²) in [4.78, 5) is 15.5. The molecule has 0 fully saturated rings. The van der Waals surface area contributed by atoms with Gasteiger partial charge in [-0.1, -0.05) is 6.07 Å². The van der Waals surface area contributed by atoms with E-state index in [2.05, 4.69) is 10.1 Å². The Bertz CT molecular complexity index is 1300. The van der Waals surface area contributed by atoms with Crippen LogP contribution >= 0.6 is 0 Å². The van der Waals surface area contributed by atoms with Crippen LogP contribution in [-0.4, -0.2) is 30.2 Å². The molecule has 28 heavy (non-hydrogen) atoms. The van der Waals surface area contributed by atoms with E-state index in [0.29, 0.717) is 5.56 Å². The molecule has 3 heterocycles. The molecule has 0 radical (unpaired) electrons. The molecule has 0 aliphatic rings. The number of fused-ring (bicyclic) bond motifs is 1. The predicted molar refractivity (Wildman–Crippen MR) is 94.4 cm³/mol. The molecule has 0 spiro atoms. The number of imidazole rings is 1. The number of nitrogens with zero attached hydrogens (tertiary/aromatic N) is 5. The van der Waals surface area contributed by atoms with Crippen LogP contribution in [0.1, 0.15) is 16.1 Å². The Morgan fingerprint density at radius 1 is 1.18 bits per heavy atom. The summed E-state index contributed by atoms with van der Waals surface area (Å²) in [6, 6.07) is 8.35. The van der Waals surface area contributed by atoms with Crippen molar-refractivity contribution in [3.8, 4) is 28.5 Å². The van der Waals surface area contributed by atoms with E-state index in [0.717, 1.165) is 6.07 Å². The van der Waals surface area contributed by atoms with E-state index >= 15 is 0 Å². The minimum Gasteiger partial charge on any atom is -0.478 e. The normalized spacial score (nSPS) is 10.9. The smallest absolute Gasteiger partial charge is 0.335 e. The van der Waals surface area contributed by atoms with Crippen molar-refractivity contribution in [2.24, 2.45) is 7.05 Å². The molecule has 0 bridgehead atoms. The molecule has 0 aliphatic carbocycles. The van der Waals surface area contributed by atoms with Crippen molar-refractivity contribution in [3.05, 3.63) is 65.7 Å². The lowest BCUT2D eigenvalue weighted by Crippen LogP contribution is -1.98. The van der Waals surface area contributed by atoms with Crippen molar-refractivity contribution in [2.45, 2.75) is 0 Å². The molecule has 4 aromatic rings. The fourth-order valence-electron chi connectivity index (χ4n) is 3.06. The fraction of sp³-hybridized carbons (Fsp3) is 0.0526. The maximum atomic E-state index is 14.2. The number of hydrogen-bond acceptors (Lipinski definition) is 4. The van der Waals surface area contributed by atoms with Crippen LogP contribution in [0.25, 0.3) is 28.0 Å². The molecule has 0 unspecified atom stereocenters. The zero-order valence-corrected chi connectivity index (χ0v) is 14.4. The second-order valence-electron chi connectivity index (χ2n) is 6.07. The summed E-state index contributed by atoms with van der Waals surface area (Å²) in [5.41, 5.74) is 1.02. The van der Waals surface area contributed by atoms with Gasteiger partial charge in [0.25, 0.3) is 0 Å². The molecule has 138 valence electrons.